The predicted octanol–water partition coefficient (Wildman–Crippen LogP) is 17.2. The number of aromatic nitrogens is 4. The second-order valence-corrected chi connectivity index (χ2v) is 22.5. The van der Waals surface area contributed by atoms with E-state index < -0.39 is 0 Å². The molecule has 8 aromatic carbocycles. The topological polar surface area (TPSA) is 26.6 Å². The van der Waals surface area contributed by atoms with Crippen molar-refractivity contribution in [3.8, 4) is 16.8 Å². The molecule has 4 nitrogen and oxygen atoms in total. The highest BCUT2D eigenvalue weighted by Gasteiger charge is 2.31. The van der Waals surface area contributed by atoms with Crippen LogP contribution in [0.1, 0.15) is 79.0 Å². The Bertz CT molecular complexity index is 4420. The van der Waals surface area contributed by atoms with Crippen LogP contribution in [0.5, 0.6) is 0 Å². The van der Waals surface area contributed by atoms with Crippen molar-refractivity contribution in [1.29, 1.82) is 0 Å². The first-order valence-electron chi connectivity index (χ1n) is 24.0. The summed E-state index contributed by atoms with van der Waals surface area (Å²) >= 11 is 0. The van der Waals surface area contributed by atoms with Crippen LogP contribution in [-0.4, -0.2) is 18.4 Å². The minimum absolute atomic E-state index is 0.0516. The number of para-hydroxylation sites is 2. The Morgan fingerprint density at radius 3 is 1.61 bits per heavy atom. The van der Waals surface area contributed by atoms with Gasteiger partial charge in [-0.15, -0.1) is 0 Å². The molecule has 0 fully saturated rings. The largest absolute Gasteiger partial charge is 0.309 e. The van der Waals surface area contributed by atoms with E-state index in [1.54, 1.807) is 0 Å². The molecule has 0 aliphatic carbocycles. The van der Waals surface area contributed by atoms with Crippen LogP contribution < -0.4 is 0 Å². The molecule has 14 rings (SSSR count). The van der Waals surface area contributed by atoms with Crippen molar-refractivity contribution in [2.24, 2.45) is 0 Å². The number of hydrogen-bond donors (Lipinski definition) is 0. The number of pyridine rings is 1. The van der Waals surface area contributed by atoms with Crippen molar-refractivity contribution in [3.63, 3.8) is 0 Å². The summed E-state index contributed by atoms with van der Waals surface area (Å²) in [6, 6.07) is 55.3. The van der Waals surface area contributed by atoms with Crippen LogP contribution in [0, 0.1) is 0 Å². The molecular formula is C63H52N4. The number of rotatable bonds is 2. The van der Waals surface area contributed by atoms with E-state index in [1.807, 2.05) is 0 Å². The van der Waals surface area contributed by atoms with Gasteiger partial charge in [0.15, 0.2) is 0 Å². The normalized spacial score (nSPS) is 13.4. The van der Waals surface area contributed by atoms with Gasteiger partial charge in [-0.05, 0) is 128 Å². The molecule has 14 aromatic rings. The lowest BCUT2D eigenvalue weighted by molar-refractivity contribution is 0.591. The average Bonchev–Trinajstić information content (AvgIpc) is 4.09. The standard InChI is InChI=1S/C63H52N4/c1-61(2,3)38-28-43(37-23-24-52-44(26-37)42-21-15-16-22-51(42)65(52)41-19-11-10-12-20-41)57-47(30-38)48-31-40(63(7,8)9)33-50-56-55-49-32-39(62(4,5)6)29-46-45-25-35-17-13-14-18-36(35)27-53(45)66(58(46)49)54(55)34-64-60(56)67(57)59(48)50/h10-34H,1-9H3. The summed E-state index contributed by atoms with van der Waals surface area (Å²) in [7, 11) is 0. The lowest BCUT2D eigenvalue weighted by Gasteiger charge is -2.22. The molecule has 0 atom stereocenters. The summed E-state index contributed by atoms with van der Waals surface area (Å²) in [5.41, 5.74) is 17.0. The molecule has 0 radical (unpaired) electrons. The van der Waals surface area contributed by atoms with Gasteiger partial charge in [0.25, 0.3) is 0 Å². The molecule has 0 saturated heterocycles. The Morgan fingerprint density at radius 1 is 0.373 bits per heavy atom. The van der Waals surface area contributed by atoms with Crippen LogP contribution in [0.15, 0.2) is 152 Å². The fourth-order valence-corrected chi connectivity index (χ4v) is 11.8. The van der Waals surface area contributed by atoms with E-state index in [0.717, 1.165) is 11.2 Å². The molecule has 6 aromatic heterocycles. The Balaban J connectivity index is 1.17. The Hall–Kier alpha value is -7.43. The van der Waals surface area contributed by atoms with Gasteiger partial charge in [-0.3, -0.25) is 4.40 Å². The molecule has 324 valence electrons. The van der Waals surface area contributed by atoms with Crippen LogP contribution in [0.4, 0.5) is 0 Å². The summed E-state index contributed by atoms with van der Waals surface area (Å²) in [4.78, 5) is 5.65. The predicted molar refractivity (Wildman–Crippen MR) is 287 cm³/mol. The summed E-state index contributed by atoms with van der Waals surface area (Å²) in [6.45, 7) is 21.2. The van der Waals surface area contributed by atoms with Gasteiger partial charge in [0.1, 0.15) is 5.65 Å². The van der Waals surface area contributed by atoms with E-state index in [9.17, 15) is 0 Å². The Labute approximate surface area is 389 Å². The monoisotopic (exact) mass is 864 g/mol. The van der Waals surface area contributed by atoms with Crippen LogP contribution >= 0.6 is 0 Å². The molecule has 67 heavy (non-hydrogen) atoms. The SMILES string of the molecule is CC(C)(C)c1cc(-c2ccc3c(c2)c2ccccc2n3-c2ccccc2)c2c(c1)c1cc(C(C)(C)C)cc3c4c5c6cc(C(C)(C)C)cc7c8cc9ccccc9cc8n(c5cnc4n2c13)c76. The van der Waals surface area contributed by atoms with Crippen molar-refractivity contribution in [2.75, 3.05) is 0 Å². The molecule has 0 aliphatic rings. The maximum Gasteiger partial charge on any atom is 0.146 e. The lowest BCUT2D eigenvalue weighted by Crippen LogP contribution is -2.11. The smallest absolute Gasteiger partial charge is 0.146 e. The van der Waals surface area contributed by atoms with Gasteiger partial charge >= 0.3 is 0 Å². The second-order valence-electron chi connectivity index (χ2n) is 22.5. The Morgan fingerprint density at radius 2 is 0.910 bits per heavy atom. The molecule has 0 unspecified atom stereocenters. The minimum Gasteiger partial charge on any atom is -0.309 e. The fraction of sp³-hybridized carbons (Fsp3) is 0.190. The van der Waals surface area contributed by atoms with Gasteiger partial charge in [0.05, 0.1) is 44.8 Å². The minimum atomic E-state index is -0.0856. The molecule has 0 spiro atoms. The van der Waals surface area contributed by atoms with E-state index in [-0.39, 0.29) is 16.2 Å². The highest BCUT2D eigenvalue weighted by molar-refractivity contribution is 6.36. The van der Waals surface area contributed by atoms with E-state index in [2.05, 4.69) is 227 Å². The van der Waals surface area contributed by atoms with E-state index in [4.69, 9.17) is 4.98 Å². The number of benzene rings is 8. The number of fused-ring (bicyclic) bond motifs is 17. The van der Waals surface area contributed by atoms with Crippen molar-refractivity contribution in [1.82, 2.24) is 18.4 Å². The molecular weight excluding hydrogens is 813 g/mol. The summed E-state index contributed by atoms with van der Waals surface area (Å²) < 4.78 is 7.49. The number of nitrogens with zero attached hydrogens (tertiary/aromatic N) is 4. The summed E-state index contributed by atoms with van der Waals surface area (Å²) in [6.07, 6.45) is 2.18. The molecule has 6 heterocycles. The van der Waals surface area contributed by atoms with Crippen molar-refractivity contribution in [3.05, 3.63) is 168 Å². The molecule has 0 bridgehead atoms. The van der Waals surface area contributed by atoms with Crippen molar-refractivity contribution in [2.45, 2.75) is 78.6 Å². The van der Waals surface area contributed by atoms with Crippen molar-refractivity contribution >= 4 is 109 Å². The summed E-state index contributed by atoms with van der Waals surface area (Å²) in [5, 5.41) is 15.3. The van der Waals surface area contributed by atoms with E-state index >= 15 is 0 Å². The zero-order chi connectivity index (χ0) is 45.6. The highest BCUT2D eigenvalue weighted by atomic mass is 15.0. The first kappa shape index (κ1) is 38.8. The zero-order valence-corrected chi connectivity index (χ0v) is 39.7. The summed E-state index contributed by atoms with van der Waals surface area (Å²) in [5.74, 6) is 0. The average molecular weight is 865 g/mol. The zero-order valence-electron chi connectivity index (χ0n) is 39.7. The lowest BCUT2D eigenvalue weighted by atomic mass is 9.83. The quantitative estimate of drug-likeness (QED) is 0.170. The van der Waals surface area contributed by atoms with Crippen LogP contribution in [0.3, 0.4) is 0 Å². The Kier molecular flexibility index (Phi) is 7.36. The molecule has 4 heteroatoms. The van der Waals surface area contributed by atoms with Gasteiger partial charge < -0.3 is 8.97 Å². The van der Waals surface area contributed by atoms with Crippen LogP contribution in [0.25, 0.3) is 126 Å². The second kappa shape index (κ2) is 12.7. The van der Waals surface area contributed by atoms with Crippen LogP contribution in [0.2, 0.25) is 0 Å². The third-order valence-corrected chi connectivity index (χ3v) is 15.3. The van der Waals surface area contributed by atoms with Gasteiger partial charge in [-0.25, -0.2) is 4.98 Å². The molecule has 0 amide bonds. The molecule has 0 aliphatic heterocycles. The maximum absolute atomic E-state index is 5.65. The number of hydrogen-bond acceptors (Lipinski definition) is 1. The van der Waals surface area contributed by atoms with Gasteiger partial charge in [-0.1, -0.05) is 129 Å². The first-order valence-corrected chi connectivity index (χ1v) is 24.0. The van der Waals surface area contributed by atoms with Gasteiger partial charge in [0, 0.05) is 65.1 Å². The van der Waals surface area contributed by atoms with Gasteiger partial charge in [0.2, 0.25) is 0 Å². The first-order chi connectivity index (χ1) is 32.1. The fourth-order valence-electron chi connectivity index (χ4n) is 11.8. The maximum atomic E-state index is 5.65. The van der Waals surface area contributed by atoms with Crippen molar-refractivity contribution < 1.29 is 0 Å². The van der Waals surface area contributed by atoms with Gasteiger partial charge in [-0.2, -0.15) is 0 Å². The van der Waals surface area contributed by atoms with E-state index in [1.165, 1.54) is 131 Å². The molecule has 0 saturated carbocycles. The van der Waals surface area contributed by atoms with Crippen LogP contribution in [-0.2, 0) is 16.2 Å². The third kappa shape index (κ3) is 5.16. The highest BCUT2D eigenvalue weighted by Crippen LogP contribution is 2.51. The third-order valence-electron chi connectivity index (χ3n) is 15.3. The van der Waals surface area contributed by atoms with E-state index in [0.29, 0.717) is 0 Å². The molecule has 0 N–H and O–H groups in total.